The Balaban J connectivity index is 1.58. The van der Waals surface area contributed by atoms with Gasteiger partial charge in [-0.25, -0.2) is 4.98 Å². The summed E-state index contributed by atoms with van der Waals surface area (Å²) in [5.41, 5.74) is 11.0. The number of carbonyl (C=O) groups excluding carboxylic acids is 1. The van der Waals surface area contributed by atoms with Gasteiger partial charge in [0.15, 0.2) is 0 Å². The minimum atomic E-state index is -0.337. The molecular formula is C34H38N2O2S2. The number of amides is 1. The Hall–Kier alpha value is -3.19. The van der Waals surface area contributed by atoms with E-state index < -0.39 is 0 Å². The molecule has 1 aromatic heterocycles. The topological polar surface area (TPSA) is 76.2 Å². The van der Waals surface area contributed by atoms with Crippen molar-refractivity contribution in [1.82, 2.24) is 4.98 Å². The van der Waals surface area contributed by atoms with Crippen molar-refractivity contribution in [2.24, 2.45) is 17.6 Å². The lowest BCUT2D eigenvalue weighted by atomic mass is 9.82. The first-order chi connectivity index (χ1) is 19.2. The maximum absolute atomic E-state index is 11.2. The van der Waals surface area contributed by atoms with Gasteiger partial charge in [-0.1, -0.05) is 96.7 Å². The molecule has 0 radical (unpaired) electrons. The molecule has 1 fully saturated rings. The molecular weight excluding hydrogens is 533 g/mol. The van der Waals surface area contributed by atoms with Crippen LogP contribution in [0.25, 0.3) is 20.4 Å². The Bertz CT molecular complexity index is 1430. The second-order valence-electron chi connectivity index (χ2n) is 10.4. The highest BCUT2D eigenvalue weighted by Gasteiger charge is 2.24. The summed E-state index contributed by atoms with van der Waals surface area (Å²) in [5, 5.41) is 10.5. The van der Waals surface area contributed by atoms with Gasteiger partial charge in [0.1, 0.15) is 5.01 Å². The van der Waals surface area contributed by atoms with Gasteiger partial charge in [-0.05, 0) is 62.6 Å². The third-order valence-corrected chi connectivity index (χ3v) is 9.71. The van der Waals surface area contributed by atoms with E-state index in [1.165, 1.54) is 21.6 Å². The number of hydrogen-bond donors (Lipinski definition) is 2. The number of nitrogens with two attached hydrogens (primary N) is 1. The number of aryl methyl sites for hydroxylation is 1. The molecule has 3 aromatic rings. The Kier molecular flexibility index (Phi) is 10.4. The van der Waals surface area contributed by atoms with Gasteiger partial charge in [0.2, 0.25) is 5.91 Å². The Morgan fingerprint density at radius 2 is 1.95 bits per heavy atom. The van der Waals surface area contributed by atoms with Crippen LogP contribution in [-0.2, 0) is 11.2 Å². The average Bonchev–Trinajstić information content (AvgIpc) is 3.41. The first-order valence-electron chi connectivity index (χ1n) is 13.7. The molecule has 208 valence electrons. The fourth-order valence-corrected chi connectivity index (χ4v) is 6.94. The number of thiazole rings is 1. The van der Waals surface area contributed by atoms with Crippen molar-refractivity contribution < 1.29 is 9.90 Å². The van der Waals surface area contributed by atoms with E-state index in [0.717, 1.165) is 45.2 Å². The van der Waals surface area contributed by atoms with Crippen molar-refractivity contribution in [3.63, 3.8) is 0 Å². The highest BCUT2D eigenvalue weighted by atomic mass is 32.2. The summed E-state index contributed by atoms with van der Waals surface area (Å²) in [6.45, 7) is 10.9. The molecule has 4 rings (SSSR count). The molecule has 1 saturated carbocycles. The third-order valence-electron chi connectivity index (χ3n) is 7.26. The standard InChI is InChI=1S/C34H38N2O2S2/c1-5-9-27(12-8-11-26-18-29(37)19-26)23(3)33(30-13-7-6-10-22(30)2)39-24(4)31-21-36-34(40-31)28-16-14-25(15-17-28)20-32(35)38/h5-11,13-17,21,26-27,29,37H,4,12,18-20H2,1-3H3,(H2,35,38)/b9-5-,11-8+,33-23+. The molecule has 1 heterocycles. The van der Waals surface area contributed by atoms with Crippen molar-refractivity contribution in [2.75, 3.05) is 0 Å². The Morgan fingerprint density at radius 1 is 1.23 bits per heavy atom. The zero-order valence-corrected chi connectivity index (χ0v) is 25.1. The SMILES string of the molecule is C=C(S/C(=C(\C)C(/C=C\C)C/C=C/C1CC(O)C1)c1ccccc1C)c1cnc(-c2ccc(CC(N)=O)cc2)s1. The number of rotatable bonds is 12. The number of aromatic nitrogens is 1. The summed E-state index contributed by atoms with van der Waals surface area (Å²) in [4.78, 5) is 19.1. The van der Waals surface area contributed by atoms with E-state index in [2.05, 4.69) is 80.9 Å². The molecule has 3 N–H and O–H groups in total. The van der Waals surface area contributed by atoms with E-state index in [1.54, 1.807) is 23.1 Å². The predicted molar refractivity (Wildman–Crippen MR) is 172 cm³/mol. The number of primary amides is 1. The zero-order valence-electron chi connectivity index (χ0n) is 23.5. The summed E-state index contributed by atoms with van der Waals surface area (Å²) in [5.74, 6) is 0.420. The van der Waals surface area contributed by atoms with Gasteiger partial charge in [0, 0.05) is 27.5 Å². The summed E-state index contributed by atoms with van der Waals surface area (Å²) >= 11 is 3.33. The fourth-order valence-electron chi connectivity index (χ4n) is 4.86. The Morgan fingerprint density at radius 3 is 2.60 bits per heavy atom. The van der Waals surface area contributed by atoms with Crippen molar-refractivity contribution >= 4 is 38.8 Å². The van der Waals surface area contributed by atoms with E-state index in [0.29, 0.717) is 5.92 Å². The van der Waals surface area contributed by atoms with Crippen molar-refractivity contribution in [1.29, 1.82) is 0 Å². The van der Waals surface area contributed by atoms with Crippen LogP contribution >= 0.6 is 23.1 Å². The first kappa shape index (κ1) is 29.8. The summed E-state index contributed by atoms with van der Waals surface area (Å²) in [7, 11) is 0. The van der Waals surface area contributed by atoms with Crippen LogP contribution < -0.4 is 5.73 Å². The van der Waals surface area contributed by atoms with E-state index in [-0.39, 0.29) is 24.3 Å². The summed E-state index contributed by atoms with van der Waals surface area (Å²) < 4.78 is 0. The van der Waals surface area contributed by atoms with Gasteiger partial charge in [-0.3, -0.25) is 4.79 Å². The van der Waals surface area contributed by atoms with Crippen molar-refractivity contribution in [3.8, 4) is 10.6 Å². The van der Waals surface area contributed by atoms with Crippen molar-refractivity contribution in [2.45, 2.75) is 52.6 Å². The molecule has 1 unspecified atom stereocenters. The highest BCUT2D eigenvalue weighted by molar-refractivity contribution is 8.16. The molecule has 1 atom stereocenters. The zero-order chi connectivity index (χ0) is 28.6. The monoisotopic (exact) mass is 570 g/mol. The Labute approximate surface area is 246 Å². The van der Waals surface area contributed by atoms with Crippen LogP contribution in [0.4, 0.5) is 0 Å². The van der Waals surface area contributed by atoms with Crippen LogP contribution in [0, 0.1) is 18.8 Å². The van der Waals surface area contributed by atoms with Crippen LogP contribution in [0.1, 0.15) is 54.7 Å². The van der Waals surface area contributed by atoms with Crippen LogP contribution in [0.5, 0.6) is 0 Å². The molecule has 0 bridgehead atoms. The van der Waals surface area contributed by atoms with E-state index in [4.69, 9.17) is 5.73 Å². The van der Waals surface area contributed by atoms with Gasteiger partial charge in [0.25, 0.3) is 0 Å². The second kappa shape index (κ2) is 13.9. The molecule has 1 aliphatic carbocycles. The maximum Gasteiger partial charge on any atom is 0.221 e. The number of hydrogen-bond acceptors (Lipinski definition) is 5. The second-order valence-corrected chi connectivity index (χ2v) is 12.5. The number of aliphatic hydroxyl groups is 1. The van der Waals surface area contributed by atoms with E-state index >= 15 is 0 Å². The normalized spacial score (nSPS) is 18.5. The highest BCUT2D eigenvalue weighted by Crippen LogP contribution is 2.45. The largest absolute Gasteiger partial charge is 0.393 e. The molecule has 0 spiro atoms. The van der Waals surface area contributed by atoms with E-state index in [9.17, 15) is 9.90 Å². The van der Waals surface area contributed by atoms with Crippen molar-refractivity contribution in [3.05, 3.63) is 113 Å². The third kappa shape index (κ3) is 7.72. The van der Waals surface area contributed by atoms with Gasteiger partial charge < -0.3 is 10.8 Å². The number of thioether (sulfide) groups is 1. The summed E-state index contributed by atoms with van der Waals surface area (Å²) in [6.07, 6.45) is 13.6. The quantitative estimate of drug-likeness (QED) is 0.215. The van der Waals surface area contributed by atoms with Crippen LogP contribution in [0.15, 0.2) is 91.2 Å². The predicted octanol–water partition coefficient (Wildman–Crippen LogP) is 8.19. The molecule has 0 aliphatic heterocycles. The lowest BCUT2D eigenvalue weighted by Gasteiger charge is -2.28. The number of benzene rings is 2. The van der Waals surface area contributed by atoms with Gasteiger partial charge >= 0.3 is 0 Å². The lowest BCUT2D eigenvalue weighted by molar-refractivity contribution is -0.117. The molecule has 40 heavy (non-hydrogen) atoms. The minimum absolute atomic E-state index is 0.133. The summed E-state index contributed by atoms with van der Waals surface area (Å²) in [6, 6.07) is 16.3. The maximum atomic E-state index is 11.2. The molecule has 2 aromatic carbocycles. The minimum Gasteiger partial charge on any atom is -0.393 e. The van der Waals surface area contributed by atoms with Gasteiger partial charge in [-0.15, -0.1) is 11.3 Å². The lowest BCUT2D eigenvalue weighted by Crippen LogP contribution is -2.26. The molecule has 0 saturated heterocycles. The number of carbonyl (C=O) groups is 1. The van der Waals surface area contributed by atoms with Crippen LogP contribution in [0.2, 0.25) is 0 Å². The smallest absolute Gasteiger partial charge is 0.221 e. The van der Waals surface area contributed by atoms with Gasteiger partial charge in [0.05, 0.1) is 17.4 Å². The number of allylic oxidation sites excluding steroid dienone is 5. The molecule has 1 amide bonds. The molecule has 6 heteroatoms. The number of nitrogens with zero attached hydrogens (tertiary/aromatic N) is 1. The van der Waals surface area contributed by atoms with E-state index in [1.807, 2.05) is 30.5 Å². The fraction of sp³-hybridized carbons (Fsp3) is 0.294. The molecule has 1 aliphatic rings. The number of aliphatic hydroxyl groups excluding tert-OH is 1. The first-order valence-corrected chi connectivity index (χ1v) is 15.3. The van der Waals surface area contributed by atoms with Crippen LogP contribution in [0.3, 0.4) is 0 Å². The van der Waals surface area contributed by atoms with Gasteiger partial charge in [-0.2, -0.15) is 0 Å². The average molecular weight is 571 g/mol. The molecule has 4 nitrogen and oxygen atoms in total. The van der Waals surface area contributed by atoms with Crippen LogP contribution in [-0.4, -0.2) is 22.1 Å².